The fraction of sp³-hybridized carbons (Fsp3) is 0.533. The van der Waals surface area contributed by atoms with E-state index in [0.29, 0.717) is 29.6 Å². The third-order valence-corrected chi connectivity index (χ3v) is 3.60. The van der Waals surface area contributed by atoms with E-state index in [0.717, 1.165) is 6.54 Å². The lowest BCUT2D eigenvalue weighted by Crippen LogP contribution is -2.30. The van der Waals surface area contributed by atoms with Crippen molar-refractivity contribution in [3.63, 3.8) is 0 Å². The Bertz CT molecular complexity index is 469. The van der Waals surface area contributed by atoms with E-state index in [9.17, 15) is 4.39 Å². The van der Waals surface area contributed by atoms with Crippen LogP contribution in [0, 0.1) is 11.7 Å². The van der Waals surface area contributed by atoms with E-state index in [-0.39, 0.29) is 10.8 Å². The van der Waals surface area contributed by atoms with Crippen molar-refractivity contribution in [1.29, 1.82) is 0 Å². The number of hydrogen-bond acceptors (Lipinski definition) is 2. The first kappa shape index (κ1) is 14.4. The summed E-state index contributed by atoms with van der Waals surface area (Å²) in [6.07, 6.45) is 2.45. The van der Waals surface area contributed by atoms with Crippen LogP contribution in [0.25, 0.3) is 0 Å². The Morgan fingerprint density at radius 1 is 1.47 bits per heavy atom. The quantitative estimate of drug-likeness (QED) is 0.812. The van der Waals surface area contributed by atoms with Crippen LogP contribution in [0.2, 0.25) is 0 Å². The van der Waals surface area contributed by atoms with Crippen LogP contribution in [0.1, 0.15) is 37.8 Å². The summed E-state index contributed by atoms with van der Waals surface area (Å²) >= 11 is 4.88. The third kappa shape index (κ3) is 3.74. The van der Waals surface area contributed by atoms with Crippen molar-refractivity contribution in [2.24, 2.45) is 11.7 Å². The minimum Gasteiger partial charge on any atom is -0.389 e. The van der Waals surface area contributed by atoms with Crippen LogP contribution in [0.5, 0.6) is 0 Å². The van der Waals surface area contributed by atoms with E-state index in [4.69, 9.17) is 18.0 Å². The average molecular weight is 280 g/mol. The zero-order valence-electron chi connectivity index (χ0n) is 11.5. The molecule has 2 nitrogen and oxygen atoms in total. The highest BCUT2D eigenvalue weighted by atomic mass is 32.1. The molecule has 0 radical (unpaired) electrons. The highest BCUT2D eigenvalue weighted by Crippen LogP contribution is 2.29. The molecular weight excluding hydrogens is 259 g/mol. The maximum atomic E-state index is 14.3. The molecule has 2 rings (SSSR count). The van der Waals surface area contributed by atoms with Crippen molar-refractivity contribution in [1.82, 2.24) is 4.90 Å². The highest BCUT2D eigenvalue weighted by molar-refractivity contribution is 7.80. The molecule has 1 aliphatic carbocycles. The van der Waals surface area contributed by atoms with E-state index < -0.39 is 0 Å². The first-order valence-corrected chi connectivity index (χ1v) is 7.21. The van der Waals surface area contributed by atoms with E-state index in [2.05, 4.69) is 18.7 Å². The fourth-order valence-corrected chi connectivity index (χ4v) is 2.52. The third-order valence-electron chi connectivity index (χ3n) is 3.38. The smallest absolute Gasteiger partial charge is 0.137 e. The number of thiocarbonyl (C=S) groups is 1. The first-order chi connectivity index (χ1) is 8.99. The molecule has 0 spiro atoms. The van der Waals surface area contributed by atoms with Gasteiger partial charge >= 0.3 is 0 Å². The minimum atomic E-state index is -0.260. The molecule has 0 aliphatic heterocycles. The second kappa shape index (κ2) is 5.97. The molecule has 1 aromatic rings. The van der Waals surface area contributed by atoms with Gasteiger partial charge in [0.05, 0.1) is 0 Å². The summed E-state index contributed by atoms with van der Waals surface area (Å²) in [5.41, 5.74) is 6.59. The number of hydrogen-bond donors (Lipinski definition) is 1. The van der Waals surface area contributed by atoms with Crippen molar-refractivity contribution in [2.45, 2.75) is 39.3 Å². The van der Waals surface area contributed by atoms with Crippen LogP contribution < -0.4 is 5.73 Å². The van der Waals surface area contributed by atoms with Crippen molar-refractivity contribution in [2.75, 3.05) is 6.54 Å². The maximum absolute atomic E-state index is 14.3. The van der Waals surface area contributed by atoms with Crippen LogP contribution in [0.3, 0.4) is 0 Å². The van der Waals surface area contributed by atoms with Crippen LogP contribution in [0.15, 0.2) is 18.2 Å². The van der Waals surface area contributed by atoms with Gasteiger partial charge in [0.15, 0.2) is 0 Å². The Morgan fingerprint density at radius 3 is 2.68 bits per heavy atom. The largest absolute Gasteiger partial charge is 0.389 e. The summed E-state index contributed by atoms with van der Waals surface area (Å²) in [7, 11) is 0. The fourth-order valence-electron chi connectivity index (χ4n) is 2.36. The topological polar surface area (TPSA) is 29.3 Å². The molecule has 1 saturated carbocycles. The number of nitrogens with zero attached hydrogens (tertiary/aromatic N) is 1. The standard InChI is InChI=1S/C15H21FN2S/c1-10(2)8-18(12-6-7-12)9-11-4-3-5-13(14(11)16)15(17)19/h3-5,10,12H,6-9H2,1-2H3,(H2,17,19). The van der Waals surface area contributed by atoms with Gasteiger partial charge in [-0.1, -0.05) is 38.2 Å². The van der Waals surface area contributed by atoms with E-state index >= 15 is 0 Å². The van der Waals surface area contributed by atoms with Crippen molar-refractivity contribution in [3.05, 3.63) is 35.1 Å². The molecule has 0 amide bonds. The zero-order chi connectivity index (χ0) is 14.0. The molecule has 0 unspecified atom stereocenters. The van der Waals surface area contributed by atoms with Gasteiger partial charge in [0.1, 0.15) is 10.8 Å². The molecule has 0 aromatic heterocycles. The Hall–Kier alpha value is -1.00. The van der Waals surface area contributed by atoms with Gasteiger partial charge in [-0.3, -0.25) is 4.90 Å². The maximum Gasteiger partial charge on any atom is 0.137 e. The molecule has 1 fully saturated rings. The molecule has 1 aliphatic rings. The molecule has 4 heteroatoms. The number of nitrogens with two attached hydrogens (primary N) is 1. The van der Waals surface area contributed by atoms with Gasteiger partial charge in [0.25, 0.3) is 0 Å². The molecule has 0 heterocycles. The van der Waals surface area contributed by atoms with Crippen molar-refractivity contribution >= 4 is 17.2 Å². The van der Waals surface area contributed by atoms with E-state index in [1.807, 2.05) is 12.1 Å². The van der Waals surface area contributed by atoms with Crippen LogP contribution >= 0.6 is 12.2 Å². The van der Waals surface area contributed by atoms with Crippen LogP contribution in [0.4, 0.5) is 4.39 Å². The first-order valence-electron chi connectivity index (χ1n) is 6.80. The average Bonchev–Trinajstić information content (AvgIpc) is 3.13. The summed E-state index contributed by atoms with van der Waals surface area (Å²) in [6.45, 7) is 6.03. The lowest BCUT2D eigenvalue weighted by Gasteiger charge is -2.24. The Morgan fingerprint density at radius 2 is 2.16 bits per heavy atom. The second-order valence-corrected chi connectivity index (χ2v) is 6.14. The lowest BCUT2D eigenvalue weighted by atomic mass is 10.1. The predicted octanol–water partition coefficient (Wildman–Crippen LogP) is 3.08. The van der Waals surface area contributed by atoms with E-state index in [1.165, 1.54) is 12.8 Å². The zero-order valence-corrected chi connectivity index (χ0v) is 12.3. The summed E-state index contributed by atoms with van der Waals surface area (Å²) < 4.78 is 14.3. The summed E-state index contributed by atoms with van der Waals surface area (Å²) in [6, 6.07) is 5.92. The van der Waals surface area contributed by atoms with E-state index in [1.54, 1.807) is 6.07 Å². The monoisotopic (exact) mass is 280 g/mol. The Labute approximate surface area is 119 Å². The van der Waals surface area contributed by atoms with Crippen LogP contribution in [-0.4, -0.2) is 22.5 Å². The molecule has 0 bridgehead atoms. The lowest BCUT2D eigenvalue weighted by molar-refractivity contribution is 0.223. The molecule has 19 heavy (non-hydrogen) atoms. The SMILES string of the molecule is CC(C)CN(Cc1cccc(C(N)=S)c1F)C1CC1. The van der Waals surface area contributed by atoms with Gasteiger partial charge in [-0.25, -0.2) is 4.39 Å². The van der Waals surface area contributed by atoms with Gasteiger partial charge in [0, 0.05) is 30.3 Å². The van der Waals surface area contributed by atoms with Crippen LogP contribution in [-0.2, 0) is 6.54 Å². The molecule has 1 aromatic carbocycles. The summed E-state index contributed by atoms with van der Waals surface area (Å²) in [4.78, 5) is 2.49. The predicted molar refractivity (Wildman–Crippen MR) is 80.6 cm³/mol. The Kier molecular flexibility index (Phi) is 4.53. The second-order valence-electron chi connectivity index (χ2n) is 5.70. The van der Waals surface area contributed by atoms with Crippen molar-refractivity contribution < 1.29 is 4.39 Å². The number of rotatable bonds is 6. The molecule has 0 atom stereocenters. The highest BCUT2D eigenvalue weighted by Gasteiger charge is 2.29. The summed E-state index contributed by atoms with van der Waals surface area (Å²) in [5.74, 6) is 0.326. The van der Waals surface area contributed by atoms with Gasteiger partial charge in [-0.05, 0) is 24.8 Å². The van der Waals surface area contributed by atoms with Crippen molar-refractivity contribution in [3.8, 4) is 0 Å². The molecule has 104 valence electrons. The normalized spacial score (nSPS) is 15.2. The van der Waals surface area contributed by atoms with Gasteiger partial charge < -0.3 is 5.73 Å². The van der Waals surface area contributed by atoms with Gasteiger partial charge in [-0.2, -0.15) is 0 Å². The number of halogens is 1. The van der Waals surface area contributed by atoms with Gasteiger partial charge in [0.2, 0.25) is 0 Å². The molecule has 0 saturated heterocycles. The minimum absolute atomic E-state index is 0.126. The van der Waals surface area contributed by atoms with Gasteiger partial charge in [-0.15, -0.1) is 0 Å². The summed E-state index contributed by atoms with van der Waals surface area (Å²) in [5, 5.41) is 0. The number of benzene rings is 1. The molecular formula is C15H21FN2S. The molecule has 2 N–H and O–H groups in total. The Balaban J connectivity index is 2.17.